The van der Waals surface area contributed by atoms with Crippen LogP contribution in [0.5, 0.6) is 0 Å². The van der Waals surface area contributed by atoms with E-state index < -0.39 is 11.7 Å². The summed E-state index contributed by atoms with van der Waals surface area (Å²) in [5, 5.41) is 0.153. The van der Waals surface area contributed by atoms with Crippen molar-refractivity contribution in [1.29, 1.82) is 0 Å². The summed E-state index contributed by atoms with van der Waals surface area (Å²) in [5.74, 6) is 0. The second kappa shape index (κ2) is 2.89. The number of rotatable bonds is 0. The zero-order valence-electron chi connectivity index (χ0n) is 5.45. The van der Waals surface area contributed by atoms with Crippen LogP contribution < -0.4 is 0 Å². The monoisotopic (exact) mass is 181 g/mol. The standard InChI is InChI=1S/C7H5ClF3/c8-6-3-1-2-5(4-6)7(9,10)11/h2-4H,1H2. The quantitative estimate of drug-likeness (QED) is 0.538. The minimum absolute atomic E-state index is 0.153. The van der Waals surface area contributed by atoms with Gasteiger partial charge in [0.05, 0.1) is 0 Å². The molecule has 0 aromatic carbocycles. The summed E-state index contributed by atoms with van der Waals surface area (Å²) in [4.78, 5) is 0. The number of halogens is 4. The van der Waals surface area contributed by atoms with Gasteiger partial charge in [0.15, 0.2) is 0 Å². The summed E-state index contributed by atoms with van der Waals surface area (Å²) < 4.78 is 35.8. The van der Waals surface area contributed by atoms with Gasteiger partial charge in [-0.1, -0.05) is 17.7 Å². The van der Waals surface area contributed by atoms with Crippen molar-refractivity contribution < 1.29 is 13.2 Å². The molecule has 0 amide bonds. The lowest BCUT2D eigenvalue weighted by Gasteiger charge is -2.12. The Morgan fingerprint density at radius 1 is 1.36 bits per heavy atom. The predicted molar refractivity (Wildman–Crippen MR) is 37.0 cm³/mol. The molecule has 0 bridgehead atoms. The van der Waals surface area contributed by atoms with Gasteiger partial charge in [0, 0.05) is 10.6 Å². The SMILES string of the molecule is FC(F)(F)C1=CC(Cl)=CC[CH]1. The maximum Gasteiger partial charge on any atom is 0.413 e. The molecule has 11 heavy (non-hydrogen) atoms. The molecule has 1 radical (unpaired) electrons. The first kappa shape index (κ1) is 8.65. The normalized spacial score (nSPS) is 19.3. The Hall–Kier alpha value is -0.440. The fourth-order valence-corrected chi connectivity index (χ4v) is 0.969. The molecule has 0 aromatic rings. The highest BCUT2D eigenvalue weighted by molar-refractivity contribution is 6.31. The first-order valence-corrected chi connectivity index (χ1v) is 3.36. The van der Waals surface area contributed by atoms with Gasteiger partial charge < -0.3 is 0 Å². The van der Waals surface area contributed by atoms with E-state index in [2.05, 4.69) is 0 Å². The Bertz CT molecular complexity index is 212. The minimum atomic E-state index is -4.27. The Balaban J connectivity index is 2.82. The molecule has 1 rings (SSSR count). The van der Waals surface area contributed by atoms with Crippen LogP contribution in [0.1, 0.15) is 6.42 Å². The lowest BCUT2D eigenvalue weighted by molar-refractivity contribution is -0.0900. The third-order valence-electron chi connectivity index (χ3n) is 1.27. The van der Waals surface area contributed by atoms with Crippen molar-refractivity contribution in [1.82, 2.24) is 0 Å². The van der Waals surface area contributed by atoms with E-state index in [0.717, 1.165) is 12.5 Å². The molecule has 0 heterocycles. The van der Waals surface area contributed by atoms with Gasteiger partial charge >= 0.3 is 6.18 Å². The van der Waals surface area contributed by atoms with Crippen molar-refractivity contribution in [3.8, 4) is 0 Å². The van der Waals surface area contributed by atoms with Crippen molar-refractivity contribution in [3.05, 3.63) is 29.2 Å². The van der Waals surface area contributed by atoms with Crippen LogP contribution in [0.3, 0.4) is 0 Å². The average molecular weight is 182 g/mol. The van der Waals surface area contributed by atoms with E-state index >= 15 is 0 Å². The van der Waals surface area contributed by atoms with Crippen LogP contribution in [0.2, 0.25) is 0 Å². The summed E-state index contributed by atoms with van der Waals surface area (Å²) in [6, 6.07) is 0. The van der Waals surface area contributed by atoms with Crippen LogP contribution in [0.4, 0.5) is 13.2 Å². The van der Waals surface area contributed by atoms with E-state index in [1.54, 1.807) is 0 Å². The highest BCUT2D eigenvalue weighted by atomic mass is 35.5. The predicted octanol–water partition coefficient (Wildman–Crippen LogP) is 3.21. The van der Waals surface area contributed by atoms with Crippen molar-refractivity contribution in [2.75, 3.05) is 0 Å². The van der Waals surface area contributed by atoms with Gasteiger partial charge in [-0.3, -0.25) is 0 Å². The summed E-state index contributed by atoms with van der Waals surface area (Å²) in [5.41, 5.74) is -0.662. The highest BCUT2D eigenvalue weighted by Crippen LogP contribution is 2.32. The van der Waals surface area contributed by atoms with Gasteiger partial charge in [0.2, 0.25) is 0 Å². The van der Waals surface area contributed by atoms with Crippen molar-refractivity contribution in [2.45, 2.75) is 12.6 Å². The van der Waals surface area contributed by atoms with Crippen LogP contribution in [-0.4, -0.2) is 6.18 Å². The lowest BCUT2D eigenvalue weighted by atomic mass is 10.1. The van der Waals surface area contributed by atoms with Gasteiger partial charge in [-0.15, -0.1) is 0 Å². The van der Waals surface area contributed by atoms with Gasteiger partial charge in [-0.2, -0.15) is 13.2 Å². The van der Waals surface area contributed by atoms with E-state index in [1.807, 2.05) is 0 Å². The molecule has 0 saturated heterocycles. The number of hydrogen-bond acceptors (Lipinski definition) is 0. The zero-order chi connectivity index (χ0) is 8.48. The zero-order valence-corrected chi connectivity index (χ0v) is 6.21. The fraction of sp³-hybridized carbons (Fsp3) is 0.286. The Kier molecular flexibility index (Phi) is 2.28. The second-order valence-electron chi connectivity index (χ2n) is 2.13. The molecule has 0 N–H and O–H groups in total. The Morgan fingerprint density at radius 2 is 2.00 bits per heavy atom. The number of allylic oxidation sites excluding steroid dienone is 4. The molecule has 61 valence electrons. The third-order valence-corrected chi connectivity index (χ3v) is 1.53. The van der Waals surface area contributed by atoms with Crippen LogP contribution in [0.15, 0.2) is 22.8 Å². The van der Waals surface area contributed by atoms with Crippen molar-refractivity contribution in [2.24, 2.45) is 0 Å². The second-order valence-corrected chi connectivity index (χ2v) is 2.56. The van der Waals surface area contributed by atoms with E-state index in [1.165, 1.54) is 6.08 Å². The van der Waals surface area contributed by atoms with Crippen LogP contribution in [0, 0.1) is 6.42 Å². The molecule has 1 aliphatic carbocycles. The van der Waals surface area contributed by atoms with Gasteiger partial charge in [0.25, 0.3) is 0 Å². The van der Waals surface area contributed by atoms with Gasteiger partial charge in [-0.25, -0.2) is 0 Å². The summed E-state index contributed by atoms with van der Waals surface area (Å²) in [6.07, 6.45) is -0.466. The maximum atomic E-state index is 11.9. The van der Waals surface area contributed by atoms with Gasteiger partial charge in [0.1, 0.15) is 0 Å². The lowest BCUT2D eigenvalue weighted by Crippen LogP contribution is -2.13. The smallest absolute Gasteiger partial charge is 0.166 e. The maximum absolute atomic E-state index is 11.9. The van der Waals surface area contributed by atoms with E-state index in [0.29, 0.717) is 0 Å². The molecule has 0 fully saturated rings. The van der Waals surface area contributed by atoms with Crippen LogP contribution in [-0.2, 0) is 0 Å². The van der Waals surface area contributed by atoms with E-state index in [9.17, 15) is 13.2 Å². The van der Waals surface area contributed by atoms with Crippen LogP contribution >= 0.6 is 11.6 Å². The van der Waals surface area contributed by atoms with E-state index in [4.69, 9.17) is 11.6 Å². The number of hydrogen-bond donors (Lipinski definition) is 0. The molecular formula is C7H5ClF3. The first-order chi connectivity index (χ1) is 5.00. The van der Waals surface area contributed by atoms with Crippen molar-refractivity contribution >= 4 is 11.6 Å². The highest BCUT2D eigenvalue weighted by Gasteiger charge is 2.33. The third kappa shape index (κ3) is 2.26. The molecule has 0 aromatic heterocycles. The summed E-state index contributed by atoms with van der Waals surface area (Å²) in [6.45, 7) is 0. The Morgan fingerprint density at radius 3 is 2.36 bits per heavy atom. The first-order valence-electron chi connectivity index (χ1n) is 2.98. The molecule has 0 unspecified atom stereocenters. The molecule has 0 aliphatic heterocycles. The van der Waals surface area contributed by atoms with Crippen LogP contribution in [0.25, 0.3) is 0 Å². The minimum Gasteiger partial charge on any atom is -0.166 e. The Labute approximate surface area is 67.3 Å². The molecule has 0 saturated carbocycles. The molecule has 1 aliphatic rings. The van der Waals surface area contributed by atoms with Gasteiger partial charge in [-0.05, 0) is 18.9 Å². The largest absolute Gasteiger partial charge is 0.413 e. The summed E-state index contributed by atoms with van der Waals surface area (Å²) >= 11 is 5.38. The molecular weight excluding hydrogens is 177 g/mol. The molecule has 0 spiro atoms. The van der Waals surface area contributed by atoms with Crippen molar-refractivity contribution in [3.63, 3.8) is 0 Å². The average Bonchev–Trinajstić information content (AvgIpc) is 1.86. The molecule has 0 atom stereocenters. The topological polar surface area (TPSA) is 0 Å². The molecule has 0 nitrogen and oxygen atoms in total. The number of alkyl halides is 3. The van der Waals surface area contributed by atoms with E-state index in [-0.39, 0.29) is 11.5 Å². The molecule has 4 heteroatoms. The fourth-order valence-electron chi connectivity index (χ4n) is 0.762. The summed E-state index contributed by atoms with van der Waals surface area (Å²) in [7, 11) is 0.